The molecule has 4 rings (SSSR count). The summed E-state index contributed by atoms with van der Waals surface area (Å²) in [6.45, 7) is 1.97. The number of para-hydroxylation sites is 1. The molecule has 5 nitrogen and oxygen atoms in total. The lowest BCUT2D eigenvalue weighted by molar-refractivity contribution is -0.131. The first-order valence-corrected chi connectivity index (χ1v) is 10.2. The van der Waals surface area contributed by atoms with Crippen molar-refractivity contribution in [1.29, 1.82) is 0 Å². The SMILES string of the molecule is CC(c1nc2ccccc2s1)N(C)C(=O)CCc1ncc(-c2ccccc2F)o1. The fourth-order valence-corrected chi connectivity index (χ4v) is 4.11. The topological polar surface area (TPSA) is 59.2 Å². The van der Waals surface area contributed by atoms with Gasteiger partial charge < -0.3 is 9.32 Å². The van der Waals surface area contributed by atoms with Crippen molar-refractivity contribution in [3.8, 4) is 11.3 Å². The third-order valence-electron chi connectivity index (χ3n) is 4.89. The zero-order valence-electron chi connectivity index (χ0n) is 16.1. The molecule has 0 saturated heterocycles. The first kappa shape index (κ1) is 19.3. The Morgan fingerprint density at radius 3 is 2.76 bits per heavy atom. The van der Waals surface area contributed by atoms with Crippen LogP contribution in [0.5, 0.6) is 0 Å². The number of thiazole rings is 1. The van der Waals surface area contributed by atoms with Gasteiger partial charge in [0.15, 0.2) is 11.7 Å². The Morgan fingerprint density at radius 1 is 1.21 bits per heavy atom. The average molecular weight is 409 g/mol. The zero-order chi connectivity index (χ0) is 20.4. The van der Waals surface area contributed by atoms with E-state index in [4.69, 9.17) is 4.42 Å². The van der Waals surface area contributed by atoms with Crippen LogP contribution in [0.1, 0.15) is 30.3 Å². The summed E-state index contributed by atoms with van der Waals surface area (Å²) in [6, 6.07) is 14.2. The van der Waals surface area contributed by atoms with Gasteiger partial charge in [-0.3, -0.25) is 4.79 Å². The fourth-order valence-electron chi connectivity index (χ4n) is 3.05. The predicted octanol–water partition coefficient (Wildman–Crippen LogP) is 5.24. The van der Waals surface area contributed by atoms with E-state index >= 15 is 0 Å². The fraction of sp³-hybridized carbons (Fsp3) is 0.227. The van der Waals surface area contributed by atoms with Crippen molar-refractivity contribution in [3.63, 3.8) is 0 Å². The van der Waals surface area contributed by atoms with Crippen LogP contribution in [-0.2, 0) is 11.2 Å². The number of fused-ring (bicyclic) bond motifs is 1. The summed E-state index contributed by atoms with van der Waals surface area (Å²) in [7, 11) is 1.78. The number of halogens is 1. The molecule has 0 saturated carbocycles. The Kier molecular flexibility index (Phi) is 5.40. The number of carbonyl (C=O) groups is 1. The van der Waals surface area contributed by atoms with E-state index in [9.17, 15) is 9.18 Å². The molecular weight excluding hydrogens is 389 g/mol. The molecule has 0 N–H and O–H groups in total. The van der Waals surface area contributed by atoms with Gasteiger partial charge in [-0.15, -0.1) is 11.3 Å². The summed E-state index contributed by atoms with van der Waals surface area (Å²) in [5, 5.41) is 0.903. The third-order valence-corrected chi connectivity index (χ3v) is 6.09. The molecule has 2 aromatic carbocycles. The number of oxazole rings is 1. The summed E-state index contributed by atoms with van der Waals surface area (Å²) < 4.78 is 20.6. The molecule has 4 aromatic rings. The number of amides is 1. The maximum atomic E-state index is 13.9. The van der Waals surface area contributed by atoms with Crippen LogP contribution in [0.25, 0.3) is 21.5 Å². The molecule has 1 atom stereocenters. The number of hydrogen-bond acceptors (Lipinski definition) is 5. The maximum absolute atomic E-state index is 13.9. The normalized spacial score (nSPS) is 12.2. The van der Waals surface area contributed by atoms with Crippen LogP contribution in [0.3, 0.4) is 0 Å². The van der Waals surface area contributed by atoms with E-state index in [1.807, 2.05) is 31.2 Å². The molecule has 29 heavy (non-hydrogen) atoms. The number of hydrogen-bond donors (Lipinski definition) is 0. The van der Waals surface area contributed by atoms with Crippen molar-refractivity contribution < 1.29 is 13.6 Å². The van der Waals surface area contributed by atoms with Crippen LogP contribution >= 0.6 is 11.3 Å². The van der Waals surface area contributed by atoms with Gasteiger partial charge in [0.05, 0.1) is 28.0 Å². The second kappa shape index (κ2) is 8.13. The van der Waals surface area contributed by atoms with Gasteiger partial charge in [-0.2, -0.15) is 0 Å². The minimum atomic E-state index is -0.365. The van der Waals surface area contributed by atoms with Crippen molar-refractivity contribution in [2.75, 3.05) is 7.05 Å². The molecule has 2 aromatic heterocycles. The molecule has 0 aliphatic rings. The van der Waals surface area contributed by atoms with Gasteiger partial charge >= 0.3 is 0 Å². The van der Waals surface area contributed by atoms with Crippen LogP contribution in [0.2, 0.25) is 0 Å². The first-order chi connectivity index (χ1) is 14.0. The van der Waals surface area contributed by atoms with E-state index in [0.29, 0.717) is 23.6 Å². The van der Waals surface area contributed by atoms with Crippen molar-refractivity contribution in [2.45, 2.75) is 25.8 Å². The van der Waals surface area contributed by atoms with Crippen LogP contribution in [0, 0.1) is 5.82 Å². The van der Waals surface area contributed by atoms with E-state index < -0.39 is 0 Å². The van der Waals surface area contributed by atoms with Crippen LogP contribution < -0.4 is 0 Å². The highest BCUT2D eigenvalue weighted by molar-refractivity contribution is 7.18. The average Bonchev–Trinajstić information content (AvgIpc) is 3.38. The Balaban J connectivity index is 1.40. The highest BCUT2D eigenvalue weighted by atomic mass is 32.1. The molecule has 148 valence electrons. The van der Waals surface area contributed by atoms with Gasteiger partial charge in [0.25, 0.3) is 0 Å². The maximum Gasteiger partial charge on any atom is 0.223 e. The monoisotopic (exact) mass is 409 g/mol. The smallest absolute Gasteiger partial charge is 0.223 e. The minimum Gasteiger partial charge on any atom is -0.441 e. The van der Waals surface area contributed by atoms with Gasteiger partial charge in [-0.1, -0.05) is 24.3 Å². The molecule has 2 heterocycles. The molecule has 1 amide bonds. The van der Waals surface area contributed by atoms with Crippen molar-refractivity contribution in [1.82, 2.24) is 14.9 Å². The summed E-state index contributed by atoms with van der Waals surface area (Å²) >= 11 is 1.60. The lowest BCUT2D eigenvalue weighted by Crippen LogP contribution is -2.29. The summed E-state index contributed by atoms with van der Waals surface area (Å²) in [4.78, 5) is 23.2. The van der Waals surface area contributed by atoms with E-state index in [1.165, 1.54) is 12.3 Å². The van der Waals surface area contributed by atoms with Gasteiger partial charge in [0.1, 0.15) is 10.8 Å². The summed E-state index contributed by atoms with van der Waals surface area (Å²) in [5.41, 5.74) is 1.31. The number of carbonyl (C=O) groups excluding carboxylic acids is 1. The van der Waals surface area contributed by atoms with E-state index in [1.54, 1.807) is 41.5 Å². The largest absolute Gasteiger partial charge is 0.441 e. The number of aryl methyl sites for hydroxylation is 1. The molecule has 0 bridgehead atoms. The van der Waals surface area contributed by atoms with Crippen molar-refractivity contribution in [3.05, 3.63) is 71.4 Å². The first-order valence-electron chi connectivity index (χ1n) is 9.33. The molecular formula is C22H20FN3O2S. The van der Waals surface area contributed by atoms with Crippen molar-refractivity contribution >= 4 is 27.5 Å². The molecule has 1 unspecified atom stereocenters. The highest BCUT2D eigenvalue weighted by Gasteiger charge is 2.21. The van der Waals surface area contributed by atoms with E-state index in [2.05, 4.69) is 9.97 Å². The summed E-state index contributed by atoms with van der Waals surface area (Å²) in [5.74, 6) is 0.387. The zero-order valence-corrected chi connectivity index (χ0v) is 16.9. The lowest BCUT2D eigenvalue weighted by Gasteiger charge is -2.23. The van der Waals surface area contributed by atoms with Gasteiger partial charge in [-0.05, 0) is 31.2 Å². The minimum absolute atomic E-state index is 0.0256. The summed E-state index contributed by atoms with van der Waals surface area (Å²) in [6.07, 6.45) is 2.10. The van der Waals surface area contributed by atoms with Gasteiger partial charge in [0, 0.05) is 19.9 Å². The molecule has 7 heteroatoms. The number of rotatable bonds is 6. The Labute approximate surface area is 171 Å². The number of benzene rings is 2. The van der Waals surface area contributed by atoms with Crippen LogP contribution in [0.15, 0.2) is 59.1 Å². The Bertz CT molecular complexity index is 1120. The van der Waals surface area contributed by atoms with Crippen LogP contribution in [0.4, 0.5) is 4.39 Å². The lowest BCUT2D eigenvalue weighted by atomic mass is 10.2. The van der Waals surface area contributed by atoms with Crippen molar-refractivity contribution in [2.24, 2.45) is 0 Å². The number of aromatic nitrogens is 2. The molecule has 0 radical (unpaired) electrons. The molecule has 0 aliphatic heterocycles. The molecule has 0 aliphatic carbocycles. The standard InChI is InChI=1S/C22H20FN3O2S/c1-14(22-25-17-9-5-6-10-19(17)29-22)26(2)21(27)12-11-20-24-13-18(28-20)15-7-3-4-8-16(15)23/h3-10,13-14H,11-12H2,1-2H3. The Morgan fingerprint density at radius 2 is 1.97 bits per heavy atom. The van der Waals surface area contributed by atoms with Crippen LogP contribution in [-0.4, -0.2) is 27.8 Å². The van der Waals surface area contributed by atoms with Gasteiger partial charge in [0.2, 0.25) is 5.91 Å². The second-order valence-corrected chi connectivity index (χ2v) is 7.86. The van der Waals surface area contributed by atoms with E-state index in [-0.39, 0.29) is 24.2 Å². The van der Waals surface area contributed by atoms with Gasteiger partial charge in [-0.25, -0.2) is 14.4 Å². The molecule has 0 spiro atoms. The Hall–Kier alpha value is -3.06. The number of nitrogens with zero attached hydrogens (tertiary/aromatic N) is 3. The van der Waals surface area contributed by atoms with E-state index in [0.717, 1.165) is 15.2 Å². The highest BCUT2D eigenvalue weighted by Crippen LogP contribution is 2.29. The molecule has 0 fully saturated rings. The predicted molar refractivity (Wildman–Crippen MR) is 111 cm³/mol. The second-order valence-electron chi connectivity index (χ2n) is 6.80. The third kappa shape index (κ3) is 4.05. The quantitative estimate of drug-likeness (QED) is 0.437.